The van der Waals surface area contributed by atoms with Gasteiger partial charge in [-0.1, -0.05) is 11.3 Å². The molecule has 0 bridgehead atoms. The lowest BCUT2D eigenvalue weighted by atomic mass is 10.2. The van der Waals surface area contributed by atoms with Crippen LogP contribution in [0.3, 0.4) is 0 Å². The Labute approximate surface area is 169 Å². The minimum atomic E-state index is -3.58. The Morgan fingerprint density at radius 1 is 1.19 bits per heavy atom. The minimum Gasteiger partial charge on any atom is -0.315 e. The van der Waals surface area contributed by atoms with E-state index in [0.29, 0.717) is 25.3 Å². The first-order chi connectivity index (χ1) is 12.0. The highest BCUT2D eigenvalue weighted by Crippen LogP contribution is 2.18. The van der Waals surface area contributed by atoms with Gasteiger partial charge in [0.1, 0.15) is 0 Å². The third-order valence-electron chi connectivity index (χ3n) is 3.64. The fourth-order valence-electron chi connectivity index (χ4n) is 2.41. The van der Waals surface area contributed by atoms with E-state index in [9.17, 15) is 8.42 Å². The zero-order valence-corrected chi connectivity index (χ0v) is 16.9. The van der Waals surface area contributed by atoms with Gasteiger partial charge in [0.05, 0.1) is 4.90 Å². The smallest absolute Gasteiger partial charge is 0.240 e. The van der Waals surface area contributed by atoms with Gasteiger partial charge in [-0.05, 0) is 30.5 Å². The molecule has 2 heterocycles. The second-order valence-electron chi connectivity index (χ2n) is 5.69. The summed E-state index contributed by atoms with van der Waals surface area (Å²) >= 11 is 0. The molecule has 2 aromatic heterocycles. The Kier molecular flexibility index (Phi) is 9.00. The maximum atomic E-state index is 12.5. The molecule has 9 nitrogen and oxygen atoms in total. The number of aromatic amines is 1. The summed E-state index contributed by atoms with van der Waals surface area (Å²) in [5, 5.41) is 18.5. The van der Waals surface area contributed by atoms with Crippen molar-refractivity contribution in [3.8, 4) is 0 Å². The van der Waals surface area contributed by atoms with Crippen LogP contribution in [0.2, 0.25) is 0 Å². The van der Waals surface area contributed by atoms with E-state index in [2.05, 4.69) is 35.6 Å². The van der Waals surface area contributed by atoms with Crippen LogP contribution in [0.1, 0.15) is 12.7 Å². The number of hydrogen-bond donors (Lipinski definition) is 3. The summed E-state index contributed by atoms with van der Waals surface area (Å²) < 4.78 is 27.7. The van der Waals surface area contributed by atoms with E-state index in [1.54, 1.807) is 36.7 Å². The fourth-order valence-corrected chi connectivity index (χ4v) is 3.69. The molecule has 148 valence electrons. The first-order valence-electron chi connectivity index (χ1n) is 7.84. The Bertz CT molecular complexity index is 938. The molecule has 0 amide bonds. The monoisotopic (exact) mass is 433 g/mol. The van der Waals surface area contributed by atoms with E-state index in [0.717, 1.165) is 10.8 Å². The number of halogens is 2. The molecule has 3 aromatic rings. The summed E-state index contributed by atoms with van der Waals surface area (Å²) in [4.78, 5) is 4.27. The van der Waals surface area contributed by atoms with Crippen LogP contribution in [-0.2, 0) is 16.4 Å². The molecule has 3 N–H and O–H groups in total. The van der Waals surface area contributed by atoms with Crippen molar-refractivity contribution >= 4 is 45.6 Å². The number of pyridine rings is 1. The minimum absolute atomic E-state index is 0. The molecule has 0 radical (unpaired) electrons. The van der Waals surface area contributed by atoms with Crippen molar-refractivity contribution in [1.82, 2.24) is 35.6 Å². The number of nitrogens with zero attached hydrogens (tertiary/aromatic N) is 4. The van der Waals surface area contributed by atoms with E-state index in [-0.39, 0.29) is 35.8 Å². The molecule has 1 atom stereocenters. The van der Waals surface area contributed by atoms with Gasteiger partial charge in [-0.3, -0.25) is 4.98 Å². The molecule has 0 spiro atoms. The third-order valence-corrected chi connectivity index (χ3v) is 5.23. The largest absolute Gasteiger partial charge is 0.315 e. The summed E-state index contributed by atoms with van der Waals surface area (Å²) in [7, 11) is -3.58. The summed E-state index contributed by atoms with van der Waals surface area (Å²) in [6.45, 7) is 2.94. The number of fused-ring (bicyclic) bond motifs is 1. The third kappa shape index (κ3) is 6.36. The average Bonchev–Trinajstić information content (AvgIpc) is 3.11. The predicted molar refractivity (Wildman–Crippen MR) is 107 cm³/mol. The molecule has 1 aromatic carbocycles. The molecular weight excluding hydrogens is 413 g/mol. The lowest BCUT2D eigenvalue weighted by Crippen LogP contribution is -2.40. The van der Waals surface area contributed by atoms with E-state index < -0.39 is 10.0 Å². The van der Waals surface area contributed by atoms with Crippen molar-refractivity contribution in [2.24, 2.45) is 0 Å². The van der Waals surface area contributed by atoms with Crippen molar-refractivity contribution in [3.05, 3.63) is 42.5 Å². The molecular formula is C15H21Cl2N7O2S. The van der Waals surface area contributed by atoms with Crippen LogP contribution in [0.4, 0.5) is 0 Å². The van der Waals surface area contributed by atoms with E-state index in [1.807, 2.05) is 6.92 Å². The fraction of sp³-hybridized carbons (Fsp3) is 0.333. The number of tetrazole rings is 1. The first kappa shape index (κ1) is 23.2. The van der Waals surface area contributed by atoms with Crippen molar-refractivity contribution in [3.63, 3.8) is 0 Å². The second kappa shape index (κ2) is 10.5. The van der Waals surface area contributed by atoms with Crippen LogP contribution in [-0.4, -0.2) is 53.2 Å². The number of aromatic nitrogens is 5. The van der Waals surface area contributed by atoms with Crippen LogP contribution >= 0.6 is 24.8 Å². The van der Waals surface area contributed by atoms with Gasteiger partial charge in [0.25, 0.3) is 0 Å². The molecule has 0 saturated carbocycles. The van der Waals surface area contributed by atoms with Crippen LogP contribution in [0.5, 0.6) is 0 Å². The van der Waals surface area contributed by atoms with Crippen molar-refractivity contribution < 1.29 is 8.42 Å². The Balaban J connectivity index is 0.00000182. The Morgan fingerprint density at radius 2 is 2.00 bits per heavy atom. The lowest BCUT2D eigenvalue weighted by molar-refractivity contribution is 0.536. The van der Waals surface area contributed by atoms with E-state index in [4.69, 9.17) is 0 Å². The summed E-state index contributed by atoms with van der Waals surface area (Å²) in [5.41, 5.74) is 0. The first-order valence-corrected chi connectivity index (χ1v) is 9.32. The van der Waals surface area contributed by atoms with Gasteiger partial charge in [0, 0.05) is 43.3 Å². The van der Waals surface area contributed by atoms with Gasteiger partial charge in [-0.2, -0.15) is 5.21 Å². The molecule has 0 saturated heterocycles. The van der Waals surface area contributed by atoms with Crippen molar-refractivity contribution in [1.29, 1.82) is 0 Å². The van der Waals surface area contributed by atoms with E-state index >= 15 is 0 Å². The molecule has 3 rings (SSSR count). The van der Waals surface area contributed by atoms with Crippen molar-refractivity contribution in [2.45, 2.75) is 24.3 Å². The standard InChI is InChI=1S/C15H19N7O2S.2ClH/c1-11(9-16-7-5-15-18-21-22-19-15)20-25(23,24)14-3-2-13-10-17-6-4-12(13)8-14;;/h2-4,6,8,10-11,16,20H,5,7,9H2,1H3,(H,18,19,21,22);2*1H. The summed E-state index contributed by atoms with van der Waals surface area (Å²) in [5.74, 6) is 0.617. The number of nitrogens with one attached hydrogen (secondary N) is 3. The van der Waals surface area contributed by atoms with Crippen LogP contribution in [0.15, 0.2) is 41.6 Å². The van der Waals surface area contributed by atoms with Gasteiger partial charge in [0.15, 0.2) is 5.82 Å². The second-order valence-corrected chi connectivity index (χ2v) is 7.40. The van der Waals surface area contributed by atoms with Crippen molar-refractivity contribution in [2.75, 3.05) is 13.1 Å². The highest BCUT2D eigenvalue weighted by atomic mass is 35.5. The number of rotatable bonds is 8. The Hall–Kier alpha value is -1.85. The number of H-pyrrole nitrogens is 1. The summed E-state index contributed by atoms with van der Waals surface area (Å²) in [6, 6.07) is 6.52. The van der Waals surface area contributed by atoms with Crippen LogP contribution in [0.25, 0.3) is 10.8 Å². The predicted octanol–water partition coefficient (Wildman–Crippen LogP) is 1.09. The molecule has 0 aliphatic rings. The van der Waals surface area contributed by atoms with Gasteiger partial charge in [0.2, 0.25) is 10.0 Å². The Morgan fingerprint density at radius 3 is 2.74 bits per heavy atom. The average molecular weight is 434 g/mol. The highest BCUT2D eigenvalue weighted by Gasteiger charge is 2.17. The molecule has 12 heteroatoms. The van der Waals surface area contributed by atoms with Crippen LogP contribution < -0.4 is 10.0 Å². The SMILES string of the molecule is CC(CNCCc1nn[nH]n1)NS(=O)(=O)c1ccc2cnccc2c1.Cl.Cl. The summed E-state index contributed by atoms with van der Waals surface area (Å²) in [6.07, 6.45) is 3.96. The van der Waals surface area contributed by atoms with Gasteiger partial charge >= 0.3 is 0 Å². The van der Waals surface area contributed by atoms with Gasteiger partial charge in [-0.25, -0.2) is 13.1 Å². The maximum absolute atomic E-state index is 12.5. The topological polar surface area (TPSA) is 126 Å². The van der Waals surface area contributed by atoms with Gasteiger partial charge < -0.3 is 5.32 Å². The molecule has 0 fully saturated rings. The normalized spacial score (nSPS) is 12.2. The highest BCUT2D eigenvalue weighted by molar-refractivity contribution is 7.89. The number of sulfonamides is 1. The molecule has 0 aliphatic carbocycles. The van der Waals surface area contributed by atoms with Crippen LogP contribution in [0, 0.1) is 0 Å². The lowest BCUT2D eigenvalue weighted by Gasteiger charge is -2.15. The maximum Gasteiger partial charge on any atom is 0.240 e. The number of hydrogen-bond acceptors (Lipinski definition) is 7. The van der Waals surface area contributed by atoms with E-state index in [1.165, 1.54) is 0 Å². The molecule has 0 aliphatic heterocycles. The molecule has 1 unspecified atom stereocenters. The molecule has 27 heavy (non-hydrogen) atoms. The zero-order chi connectivity index (χ0) is 17.7. The number of benzene rings is 1. The van der Waals surface area contributed by atoms with Gasteiger partial charge in [-0.15, -0.1) is 35.0 Å². The quantitative estimate of drug-likeness (QED) is 0.453. The zero-order valence-electron chi connectivity index (χ0n) is 14.5.